The van der Waals surface area contributed by atoms with E-state index in [0.29, 0.717) is 0 Å². The third-order valence-corrected chi connectivity index (χ3v) is 2.54. The van der Waals surface area contributed by atoms with Crippen LogP contribution in [-0.4, -0.2) is 12.5 Å². The fourth-order valence-corrected chi connectivity index (χ4v) is 1.84. The number of hydrogen-bond acceptors (Lipinski definition) is 3. The van der Waals surface area contributed by atoms with Gasteiger partial charge in [0.1, 0.15) is 0 Å². The van der Waals surface area contributed by atoms with Gasteiger partial charge in [0.05, 0.1) is 5.92 Å². The van der Waals surface area contributed by atoms with Gasteiger partial charge < -0.3 is 5.32 Å². The van der Waals surface area contributed by atoms with Crippen molar-refractivity contribution in [3.63, 3.8) is 0 Å². The zero-order valence-electron chi connectivity index (χ0n) is 7.79. The summed E-state index contributed by atoms with van der Waals surface area (Å²) in [6.07, 6.45) is 0.792. The Morgan fingerprint density at radius 1 is 1.50 bits per heavy atom. The second-order valence-electron chi connectivity index (χ2n) is 3.36. The fourth-order valence-electron chi connectivity index (χ4n) is 1.84. The molecule has 1 amide bonds. The molecule has 0 fully saturated rings. The first-order valence-corrected chi connectivity index (χ1v) is 4.66. The first-order chi connectivity index (χ1) is 6.83. The van der Waals surface area contributed by atoms with Crippen LogP contribution < -0.4 is 16.6 Å². The van der Waals surface area contributed by atoms with Crippen LogP contribution in [0.5, 0.6) is 0 Å². The van der Waals surface area contributed by atoms with Crippen molar-refractivity contribution in [3.05, 3.63) is 29.8 Å². The zero-order valence-corrected chi connectivity index (χ0v) is 7.79. The van der Waals surface area contributed by atoms with Crippen molar-refractivity contribution in [1.29, 1.82) is 0 Å². The van der Waals surface area contributed by atoms with Gasteiger partial charge in [0, 0.05) is 12.2 Å². The van der Waals surface area contributed by atoms with Crippen LogP contribution in [0.3, 0.4) is 0 Å². The largest absolute Gasteiger partial charge is 0.385 e. The van der Waals surface area contributed by atoms with E-state index in [4.69, 9.17) is 5.84 Å². The molecule has 0 aliphatic carbocycles. The van der Waals surface area contributed by atoms with Crippen LogP contribution in [0.25, 0.3) is 0 Å². The van der Waals surface area contributed by atoms with Gasteiger partial charge >= 0.3 is 0 Å². The minimum absolute atomic E-state index is 0.112. The lowest BCUT2D eigenvalue weighted by atomic mass is 9.90. The van der Waals surface area contributed by atoms with Crippen molar-refractivity contribution in [1.82, 2.24) is 5.43 Å². The van der Waals surface area contributed by atoms with E-state index in [1.165, 1.54) is 0 Å². The van der Waals surface area contributed by atoms with E-state index in [1.54, 1.807) is 0 Å². The molecule has 1 aliphatic heterocycles. The van der Waals surface area contributed by atoms with Gasteiger partial charge in [0.15, 0.2) is 0 Å². The average Bonchev–Trinajstić information content (AvgIpc) is 2.27. The van der Waals surface area contributed by atoms with Crippen LogP contribution in [0, 0.1) is 0 Å². The van der Waals surface area contributed by atoms with Gasteiger partial charge in [0.25, 0.3) is 0 Å². The van der Waals surface area contributed by atoms with Crippen LogP contribution in [0.1, 0.15) is 17.9 Å². The molecule has 0 bridgehead atoms. The molecule has 2 rings (SSSR count). The Bertz CT molecular complexity index is 351. The zero-order chi connectivity index (χ0) is 9.97. The summed E-state index contributed by atoms with van der Waals surface area (Å²) in [5.74, 6) is 4.91. The molecule has 0 saturated carbocycles. The van der Waals surface area contributed by atoms with Crippen LogP contribution in [0.2, 0.25) is 0 Å². The smallest absolute Gasteiger partial charge is 0.241 e. The highest BCUT2D eigenvalue weighted by atomic mass is 16.2. The molecule has 74 valence electrons. The maximum atomic E-state index is 11.5. The molecular formula is C10H13N3O. The van der Waals surface area contributed by atoms with E-state index in [9.17, 15) is 4.79 Å². The maximum Gasteiger partial charge on any atom is 0.241 e. The number of amides is 1. The molecule has 0 spiro atoms. The van der Waals surface area contributed by atoms with E-state index in [1.807, 2.05) is 24.3 Å². The highest BCUT2D eigenvalue weighted by Gasteiger charge is 2.25. The van der Waals surface area contributed by atoms with Crippen molar-refractivity contribution >= 4 is 11.6 Å². The van der Waals surface area contributed by atoms with Gasteiger partial charge in [-0.15, -0.1) is 0 Å². The first-order valence-electron chi connectivity index (χ1n) is 4.66. The minimum atomic E-state index is -0.113. The monoisotopic (exact) mass is 191 g/mol. The quantitative estimate of drug-likeness (QED) is 0.345. The standard InChI is InChI=1S/C10H13N3O/c11-13-10(14)8-5-6-12-9-4-2-1-3-7(8)9/h1-4,8,12H,5-6,11H2,(H,13,14). The Balaban J connectivity index is 2.35. The predicted molar refractivity (Wildman–Crippen MR) is 54.6 cm³/mol. The third-order valence-electron chi connectivity index (χ3n) is 2.54. The van der Waals surface area contributed by atoms with Gasteiger partial charge in [-0.05, 0) is 18.1 Å². The second-order valence-corrected chi connectivity index (χ2v) is 3.36. The second kappa shape index (κ2) is 3.67. The highest BCUT2D eigenvalue weighted by Crippen LogP contribution is 2.30. The Morgan fingerprint density at radius 2 is 2.29 bits per heavy atom. The molecule has 1 heterocycles. The molecule has 4 N–H and O–H groups in total. The lowest BCUT2D eigenvalue weighted by Gasteiger charge is -2.25. The van der Waals surface area contributed by atoms with Gasteiger partial charge in [-0.2, -0.15) is 0 Å². The number of hydrogen-bond donors (Lipinski definition) is 3. The summed E-state index contributed by atoms with van der Waals surface area (Å²) >= 11 is 0. The normalized spacial score (nSPS) is 19.4. The highest BCUT2D eigenvalue weighted by molar-refractivity contribution is 5.85. The van der Waals surface area contributed by atoms with Gasteiger partial charge in [-0.3, -0.25) is 10.2 Å². The Hall–Kier alpha value is -1.55. The predicted octanol–water partition coefficient (Wildman–Crippen LogP) is 0.576. The van der Waals surface area contributed by atoms with Gasteiger partial charge in [0.2, 0.25) is 5.91 Å². The topological polar surface area (TPSA) is 67.1 Å². The van der Waals surface area contributed by atoms with Crippen LogP contribution in [0.15, 0.2) is 24.3 Å². The number of benzene rings is 1. The molecule has 0 radical (unpaired) electrons. The third kappa shape index (κ3) is 1.44. The molecule has 1 aromatic rings. The van der Waals surface area contributed by atoms with Crippen molar-refractivity contribution < 1.29 is 4.79 Å². The van der Waals surface area contributed by atoms with Crippen molar-refractivity contribution in [2.45, 2.75) is 12.3 Å². The summed E-state index contributed by atoms with van der Waals surface area (Å²) < 4.78 is 0. The Kier molecular flexibility index (Phi) is 2.37. The summed E-state index contributed by atoms with van der Waals surface area (Å²) in [5.41, 5.74) is 4.27. The molecule has 4 nitrogen and oxygen atoms in total. The molecule has 0 aromatic heterocycles. The number of fused-ring (bicyclic) bond motifs is 1. The maximum absolute atomic E-state index is 11.5. The number of nitrogens with two attached hydrogens (primary N) is 1. The van der Waals surface area contributed by atoms with Crippen molar-refractivity contribution in [2.75, 3.05) is 11.9 Å². The average molecular weight is 191 g/mol. The first kappa shape index (κ1) is 9.02. The summed E-state index contributed by atoms with van der Waals surface area (Å²) in [6, 6.07) is 7.82. The van der Waals surface area contributed by atoms with Crippen LogP contribution in [-0.2, 0) is 4.79 Å². The molecule has 1 unspecified atom stereocenters. The summed E-state index contributed by atoms with van der Waals surface area (Å²) in [4.78, 5) is 11.5. The number of anilines is 1. The number of carbonyl (C=O) groups is 1. The Morgan fingerprint density at radius 3 is 3.07 bits per heavy atom. The molecule has 1 atom stereocenters. The number of rotatable bonds is 1. The van der Waals surface area contributed by atoms with E-state index in [0.717, 1.165) is 24.2 Å². The fraction of sp³-hybridized carbons (Fsp3) is 0.300. The summed E-state index contributed by atoms with van der Waals surface area (Å²) in [7, 11) is 0. The van der Waals surface area contributed by atoms with E-state index in [-0.39, 0.29) is 11.8 Å². The summed E-state index contributed by atoms with van der Waals surface area (Å²) in [5, 5.41) is 3.25. The number of hydrazine groups is 1. The Labute approximate surface area is 82.5 Å². The van der Waals surface area contributed by atoms with Crippen LogP contribution in [0.4, 0.5) is 5.69 Å². The molecule has 1 aliphatic rings. The van der Waals surface area contributed by atoms with Crippen LogP contribution >= 0.6 is 0 Å². The molecular weight excluding hydrogens is 178 g/mol. The number of carbonyl (C=O) groups excluding carboxylic acids is 1. The van der Waals surface area contributed by atoms with Gasteiger partial charge in [-0.1, -0.05) is 18.2 Å². The van der Waals surface area contributed by atoms with E-state index >= 15 is 0 Å². The molecule has 0 saturated heterocycles. The van der Waals surface area contributed by atoms with E-state index in [2.05, 4.69) is 10.7 Å². The molecule has 1 aromatic carbocycles. The van der Waals surface area contributed by atoms with Crippen molar-refractivity contribution in [2.24, 2.45) is 5.84 Å². The van der Waals surface area contributed by atoms with Crippen molar-refractivity contribution in [3.8, 4) is 0 Å². The molecule has 14 heavy (non-hydrogen) atoms. The van der Waals surface area contributed by atoms with E-state index < -0.39 is 0 Å². The SMILES string of the molecule is NNC(=O)C1CCNc2ccccc21. The minimum Gasteiger partial charge on any atom is -0.385 e. The van der Waals surface area contributed by atoms with Gasteiger partial charge in [-0.25, -0.2) is 5.84 Å². The lowest BCUT2D eigenvalue weighted by molar-refractivity contribution is -0.122. The summed E-state index contributed by atoms with van der Waals surface area (Å²) in [6.45, 7) is 0.815. The molecule has 4 heteroatoms. The number of para-hydroxylation sites is 1. The number of nitrogens with one attached hydrogen (secondary N) is 2. The lowest BCUT2D eigenvalue weighted by Crippen LogP contribution is -2.37.